The zero-order valence-electron chi connectivity index (χ0n) is 14.4. The van der Waals surface area contributed by atoms with Gasteiger partial charge in [0, 0.05) is 16.0 Å². The van der Waals surface area contributed by atoms with E-state index in [0.717, 1.165) is 32.3 Å². The van der Waals surface area contributed by atoms with Gasteiger partial charge in [-0.05, 0) is 39.0 Å². The van der Waals surface area contributed by atoms with Crippen molar-refractivity contribution in [2.24, 2.45) is 0 Å². The van der Waals surface area contributed by atoms with Crippen LogP contribution < -0.4 is 5.32 Å². The number of hydrogen-bond acceptors (Lipinski definition) is 3. The SMILES string of the molecule is Cc1cc(C)cc(C(=O)NCc2sc(-c3ccccc3Cl)nc2C)c1. The average molecular weight is 371 g/mol. The molecule has 0 atom stereocenters. The van der Waals surface area contributed by atoms with Crippen LogP contribution in [0.15, 0.2) is 42.5 Å². The van der Waals surface area contributed by atoms with E-state index in [2.05, 4.69) is 16.4 Å². The van der Waals surface area contributed by atoms with E-state index in [1.807, 2.05) is 57.2 Å². The fourth-order valence-corrected chi connectivity index (χ4v) is 4.03. The minimum atomic E-state index is -0.0705. The second kappa shape index (κ2) is 7.38. The van der Waals surface area contributed by atoms with Crippen molar-refractivity contribution in [1.29, 1.82) is 0 Å². The van der Waals surface area contributed by atoms with E-state index in [1.54, 1.807) is 11.3 Å². The van der Waals surface area contributed by atoms with Crippen LogP contribution >= 0.6 is 22.9 Å². The molecule has 0 aliphatic heterocycles. The van der Waals surface area contributed by atoms with Crippen LogP contribution in [0.3, 0.4) is 0 Å². The van der Waals surface area contributed by atoms with Crippen LogP contribution in [0.2, 0.25) is 5.02 Å². The predicted molar refractivity (Wildman–Crippen MR) is 104 cm³/mol. The monoisotopic (exact) mass is 370 g/mol. The van der Waals surface area contributed by atoms with Crippen molar-refractivity contribution in [3.05, 3.63) is 74.7 Å². The van der Waals surface area contributed by atoms with Gasteiger partial charge in [0.25, 0.3) is 5.91 Å². The number of carbonyl (C=O) groups is 1. The molecule has 0 saturated heterocycles. The van der Waals surface area contributed by atoms with Gasteiger partial charge in [-0.15, -0.1) is 11.3 Å². The average Bonchev–Trinajstić information content (AvgIpc) is 2.93. The van der Waals surface area contributed by atoms with Crippen LogP contribution in [0.5, 0.6) is 0 Å². The maximum atomic E-state index is 12.4. The molecular formula is C20H19ClN2OS. The molecule has 3 aromatic rings. The van der Waals surface area contributed by atoms with Gasteiger partial charge in [-0.2, -0.15) is 0 Å². The normalized spacial score (nSPS) is 10.7. The summed E-state index contributed by atoms with van der Waals surface area (Å²) < 4.78 is 0. The van der Waals surface area contributed by atoms with E-state index in [9.17, 15) is 4.79 Å². The molecule has 0 radical (unpaired) electrons. The van der Waals surface area contributed by atoms with E-state index in [0.29, 0.717) is 17.1 Å². The van der Waals surface area contributed by atoms with Gasteiger partial charge in [0.15, 0.2) is 0 Å². The quantitative estimate of drug-likeness (QED) is 0.675. The molecule has 3 nitrogen and oxygen atoms in total. The van der Waals surface area contributed by atoms with Gasteiger partial charge in [-0.25, -0.2) is 4.98 Å². The number of aromatic nitrogens is 1. The topological polar surface area (TPSA) is 42.0 Å². The van der Waals surface area contributed by atoms with E-state index in [-0.39, 0.29) is 5.91 Å². The molecular weight excluding hydrogens is 352 g/mol. The standard InChI is InChI=1S/C20H19ClN2OS/c1-12-8-13(2)10-15(9-12)19(24)22-11-18-14(3)23-20(25-18)16-6-4-5-7-17(16)21/h4-10H,11H2,1-3H3,(H,22,24). The van der Waals surface area contributed by atoms with Crippen LogP contribution in [0, 0.1) is 20.8 Å². The molecule has 3 rings (SSSR count). The lowest BCUT2D eigenvalue weighted by Crippen LogP contribution is -2.22. The molecule has 0 fully saturated rings. The number of halogens is 1. The van der Waals surface area contributed by atoms with Gasteiger partial charge in [-0.1, -0.05) is 47.0 Å². The molecule has 25 heavy (non-hydrogen) atoms. The molecule has 128 valence electrons. The molecule has 5 heteroatoms. The lowest BCUT2D eigenvalue weighted by molar-refractivity contribution is 0.0951. The first kappa shape index (κ1) is 17.6. The van der Waals surface area contributed by atoms with E-state index in [4.69, 9.17) is 11.6 Å². The molecule has 0 aliphatic carbocycles. The Bertz CT molecular complexity index is 913. The maximum absolute atomic E-state index is 12.4. The number of nitrogens with zero attached hydrogens (tertiary/aromatic N) is 1. The third-order valence-corrected chi connectivity index (χ3v) is 5.41. The van der Waals surface area contributed by atoms with Gasteiger partial charge in [0.1, 0.15) is 5.01 Å². The number of nitrogens with one attached hydrogen (secondary N) is 1. The number of carbonyl (C=O) groups excluding carboxylic acids is 1. The maximum Gasteiger partial charge on any atom is 0.251 e. The zero-order chi connectivity index (χ0) is 18.0. The van der Waals surface area contributed by atoms with Crippen molar-refractivity contribution in [3.63, 3.8) is 0 Å². The van der Waals surface area contributed by atoms with Crippen molar-refractivity contribution in [2.45, 2.75) is 27.3 Å². The van der Waals surface area contributed by atoms with Gasteiger partial charge < -0.3 is 5.32 Å². The summed E-state index contributed by atoms with van der Waals surface area (Å²) >= 11 is 7.81. The second-order valence-electron chi connectivity index (χ2n) is 6.07. The van der Waals surface area contributed by atoms with Crippen molar-refractivity contribution in [3.8, 4) is 10.6 Å². The van der Waals surface area contributed by atoms with Gasteiger partial charge in [0.05, 0.1) is 17.3 Å². The third-order valence-electron chi connectivity index (χ3n) is 3.89. The predicted octanol–water partition coefficient (Wildman–Crippen LogP) is 5.32. The Balaban J connectivity index is 1.76. The molecule has 0 unspecified atom stereocenters. The van der Waals surface area contributed by atoms with E-state index in [1.165, 1.54) is 0 Å². The first-order valence-electron chi connectivity index (χ1n) is 8.02. The molecule has 1 amide bonds. The smallest absolute Gasteiger partial charge is 0.251 e. The fourth-order valence-electron chi connectivity index (χ4n) is 2.71. The number of aryl methyl sites for hydroxylation is 3. The Morgan fingerprint density at radius 2 is 1.80 bits per heavy atom. The summed E-state index contributed by atoms with van der Waals surface area (Å²) in [6.45, 7) is 6.40. The Labute approximate surface area is 156 Å². The summed E-state index contributed by atoms with van der Waals surface area (Å²) in [4.78, 5) is 18.1. The molecule has 1 aromatic heterocycles. The number of rotatable bonds is 4. The Morgan fingerprint density at radius 3 is 2.48 bits per heavy atom. The third kappa shape index (κ3) is 4.09. The molecule has 1 N–H and O–H groups in total. The number of hydrogen-bond donors (Lipinski definition) is 1. The molecule has 0 bridgehead atoms. The summed E-state index contributed by atoms with van der Waals surface area (Å²) in [7, 11) is 0. The van der Waals surface area contributed by atoms with Gasteiger partial charge in [-0.3, -0.25) is 4.79 Å². The Morgan fingerprint density at radius 1 is 1.12 bits per heavy atom. The number of thiazole rings is 1. The minimum absolute atomic E-state index is 0.0705. The molecule has 1 heterocycles. The fraction of sp³-hybridized carbons (Fsp3) is 0.200. The van der Waals surface area contributed by atoms with E-state index >= 15 is 0 Å². The first-order valence-corrected chi connectivity index (χ1v) is 9.21. The van der Waals surface area contributed by atoms with E-state index < -0.39 is 0 Å². The second-order valence-corrected chi connectivity index (χ2v) is 7.56. The largest absolute Gasteiger partial charge is 0.347 e. The molecule has 0 aliphatic rings. The van der Waals surface area contributed by atoms with Crippen molar-refractivity contribution < 1.29 is 4.79 Å². The van der Waals surface area contributed by atoms with Crippen LogP contribution in [0.25, 0.3) is 10.6 Å². The Kier molecular flexibility index (Phi) is 5.21. The molecule has 2 aromatic carbocycles. The lowest BCUT2D eigenvalue weighted by atomic mass is 10.1. The lowest BCUT2D eigenvalue weighted by Gasteiger charge is -2.06. The summed E-state index contributed by atoms with van der Waals surface area (Å²) in [5, 5.41) is 4.54. The van der Waals surface area contributed by atoms with Crippen LogP contribution in [0.4, 0.5) is 0 Å². The highest BCUT2D eigenvalue weighted by molar-refractivity contribution is 7.15. The molecule has 0 spiro atoms. The summed E-state index contributed by atoms with van der Waals surface area (Å²) in [5.74, 6) is -0.0705. The van der Waals surface area contributed by atoms with Gasteiger partial charge in [0.2, 0.25) is 0 Å². The molecule has 0 saturated carbocycles. The summed E-state index contributed by atoms with van der Waals surface area (Å²) in [6.07, 6.45) is 0. The summed E-state index contributed by atoms with van der Waals surface area (Å²) in [6, 6.07) is 13.5. The van der Waals surface area contributed by atoms with Crippen LogP contribution in [-0.2, 0) is 6.54 Å². The van der Waals surface area contributed by atoms with Crippen molar-refractivity contribution in [2.75, 3.05) is 0 Å². The summed E-state index contributed by atoms with van der Waals surface area (Å²) in [5.41, 5.74) is 4.69. The first-order chi connectivity index (χ1) is 11.9. The highest BCUT2D eigenvalue weighted by atomic mass is 35.5. The van der Waals surface area contributed by atoms with Crippen LogP contribution in [0.1, 0.15) is 32.1 Å². The Hall–Kier alpha value is -2.17. The highest BCUT2D eigenvalue weighted by Gasteiger charge is 2.13. The van der Waals surface area contributed by atoms with Crippen LogP contribution in [-0.4, -0.2) is 10.9 Å². The zero-order valence-corrected chi connectivity index (χ0v) is 16.0. The highest BCUT2D eigenvalue weighted by Crippen LogP contribution is 2.32. The van der Waals surface area contributed by atoms with Crippen molar-refractivity contribution >= 4 is 28.8 Å². The van der Waals surface area contributed by atoms with Gasteiger partial charge >= 0.3 is 0 Å². The number of benzene rings is 2. The minimum Gasteiger partial charge on any atom is -0.347 e. The van der Waals surface area contributed by atoms with Crippen molar-refractivity contribution in [1.82, 2.24) is 10.3 Å². The number of amides is 1.